The lowest BCUT2D eigenvalue weighted by Gasteiger charge is -2.27. The highest BCUT2D eigenvalue weighted by molar-refractivity contribution is 5.88. The molecule has 3 aromatic rings. The van der Waals surface area contributed by atoms with Crippen LogP contribution in [0.2, 0.25) is 0 Å². The van der Waals surface area contributed by atoms with Crippen molar-refractivity contribution in [3.05, 3.63) is 65.7 Å². The number of nitrogens with zero attached hydrogens (tertiary/aromatic N) is 5. The number of aryl methyl sites for hydroxylation is 1. The molecule has 2 aliphatic rings. The maximum atomic E-state index is 13.5. The largest absolute Gasteiger partial charge is 0.465 e. The number of ether oxygens (including phenoxy) is 1. The van der Waals surface area contributed by atoms with Crippen LogP contribution in [0.5, 0.6) is 0 Å². The van der Waals surface area contributed by atoms with Crippen molar-refractivity contribution in [2.75, 3.05) is 24.5 Å². The van der Waals surface area contributed by atoms with Crippen LogP contribution in [0, 0.1) is 36.0 Å². The first-order chi connectivity index (χ1) is 18.0. The van der Waals surface area contributed by atoms with E-state index in [9.17, 15) is 20.0 Å². The minimum absolute atomic E-state index is 0.181. The van der Waals surface area contributed by atoms with E-state index < -0.39 is 17.8 Å². The van der Waals surface area contributed by atoms with E-state index in [1.165, 1.54) is 4.90 Å². The van der Waals surface area contributed by atoms with E-state index in [1.54, 1.807) is 21.7 Å². The Morgan fingerprint density at radius 1 is 1.11 bits per heavy atom. The highest BCUT2D eigenvalue weighted by atomic mass is 16.6. The lowest BCUT2D eigenvalue weighted by Crippen LogP contribution is -2.40. The van der Waals surface area contributed by atoms with Crippen LogP contribution in [0.1, 0.15) is 31.9 Å². The standard InChI is InChI=1S/C29H31N5O4/c1-18-5-9-20(10-6-18)25-13-26(31-34(25)21-11-7-19(14-30)8-12-21)33(28(37)38-29(2,3)4)17-24-22-15-32(27(35)36)16-23(22)24/h5-13,22-24H,15-17H2,1-4H3,(H,35,36). The Kier molecular flexibility index (Phi) is 6.35. The summed E-state index contributed by atoms with van der Waals surface area (Å²) in [6, 6.07) is 19.2. The van der Waals surface area contributed by atoms with Gasteiger partial charge in [-0.15, -0.1) is 5.10 Å². The maximum absolute atomic E-state index is 13.5. The summed E-state index contributed by atoms with van der Waals surface area (Å²) in [6.07, 6.45) is -1.39. The van der Waals surface area contributed by atoms with Crippen molar-refractivity contribution in [3.63, 3.8) is 0 Å². The number of carboxylic acid groups (broad SMARTS) is 1. The number of likely N-dealkylation sites (tertiary alicyclic amines) is 1. The number of benzene rings is 2. The fraction of sp³-hybridized carbons (Fsp3) is 0.379. The average Bonchev–Trinajstić information content (AvgIpc) is 3.20. The summed E-state index contributed by atoms with van der Waals surface area (Å²) in [7, 11) is 0. The van der Waals surface area contributed by atoms with Crippen LogP contribution in [-0.4, -0.2) is 57.2 Å². The zero-order valence-electron chi connectivity index (χ0n) is 22.0. The Bertz CT molecular complexity index is 1390. The molecule has 1 N–H and O–H groups in total. The summed E-state index contributed by atoms with van der Waals surface area (Å²) >= 11 is 0. The molecule has 1 aliphatic carbocycles. The first-order valence-corrected chi connectivity index (χ1v) is 12.7. The molecule has 2 unspecified atom stereocenters. The second-order valence-corrected chi connectivity index (χ2v) is 11.1. The molecule has 2 atom stereocenters. The van der Waals surface area contributed by atoms with Gasteiger partial charge in [0.25, 0.3) is 0 Å². The molecule has 2 amide bonds. The third kappa shape index (κ3) is 5.07. The molecular formula is C29H31N5O4. The molecule has 2 heterocycles. The van der Waals surface area contributed by atoms with Crippen molar-refractivity contribution in [1.82, 2.24) is 14.7 Å². The lowest BCUT2D eigenvalue weighted by atomic mass is 10.1. The monoisotopic (exact) mass is 513 g/mol. The number of carbonyl (C=O) groups is 2. The molecular weight excluding hydrogens is 482 g/mol. The molecule has 1 aliphatic heterocycles. The van der Waals surface area contributed by atoms with E-state index in [4.69, 9.17) is 9.84 Å². The smallest absolute Gasteiger partial charge is 0.416 e. The van der Waals surface area contributed by atoms with Gasteiger partial charge in [-0.25, -0.2) is 14.3 Å². The maximum Gasteiger partial charge on any atom is 0.416 e. The van der Waals surface area contributed by atoms with Crippen LogP contribution in [0.4, 0.5) is 15.4 Å². The van der Waals surface area contributed by atoms with Gasteiger partial charge in [0, 0.05) is 31.3 Å². The number of piperidine rings is 1. The predicted molar refractivity (Wildman–Crippen MR) is 142 cm³/mol. The fourth-order valence-electron chi connectivity index (χ4n) is 5.17. The third-order valence-corrected chi connectivity index (χ3v) is 7.21. The SMILES string of the molecule is Cc1ccc(-c2cc(N(CC3C4CN(C(=O)O)CC43)C(=O)OC(C)(C)C)nn2-c2ccc(C#N)cc2)cc1. The van der Waals surface area contributed by atoms with E-state index in [0.29, 0.717) is 31.0 Å². The Morgan fingerprint density at radius 2 is 1.74 bits per heavy atom. The minimum atomic E-state index is -0.899. The zero-order chi connectivity index (χ0) is 27.2. The van der Waals surface area contributed by atoms with Crippen molar-refractivity contribution in [2.45, 2.75) is 33.3 Å². The van der Waals surface area contributed by atoms with E-state index >= 15 is 0 Å². The van der Waals surface area contributed by atoms with Gasteiger partial charge in [-0.2, -0.15) is 5.26 Å². The first kappa shape index (κ1) is 25.3. The normalized spacial score (nSPS) is 20.0. The summed E-state index contributed by atoms with van der Waals surface area (Å²) in [4.78, 5) is 27.8. The topological polar surface area (TPSA) is 112 Å². The van der Waals surface area contributed by atoms with Gasteiger partial charge in [0.2, 0.25) is 0 Å². The van der Waals surface area contributed by atoms with Gasteiger partial charge >= 0.3 is 12.2 Å². The lowest BCUT2D eigenvalue weighted by molar-refractivity contribution is 0.0574. The molecule has 1 saturated carbocycles. The molecule has 9 nitrogen and oxygen atoms in total. The molecule has 1 aromatic heterocycles. The van der Waals surface area contributed by atoms with E-state index in [1.807, 2.05) is 70.2 Å². The van der Waals surface area contributed by atoms with Crippen molar-refractivity contribution in [3.8, 4) is 23.0 Å². The number of carbonyl (C=O) groups excluding carboxylic acids is 1. The van der Waals surface area contributed by atoms with Crippen LogP contribution in [0.25, 0.3) is 16.9 Å². The van der Waals surface area contributed by atoms with Crippen molar-refractivity contribution in [1.29, 1.82) is 5.26 Å². The molecule has 5 rings (SSSR count). The second kappa shape index (κ2) is 9.53. The molecule has 9 heteroatoms. The Morgan fingerprint density at radius 3 is 2.29 bits per heavy atom. The van der Waals surface area contributed by atoms with Gasteiger partial charge in [-0.05, 0) is 69.7 Å². The van der Waals surface area contributed by atoms with Crippen LogP contribution >= 0.6 is 0 Å². The van der Waals surface area contributed by atoms with Crippen LogP contribution in [0.3, 0.4) is 0 Å². The molecule has 2 fully saturated rings. The molecule has 1 saturated heterocycles. The van der Waals surface area contributed by atoms with Gasteiger partial charge in [0.15, 0.2) is 5.82 Å². The number of aromatic nitrogens is 2. The average molecular weight is 514 g/mol. The second-order valence-electron chi connectivity index (χ2n) is 11.1. The van der Waals surface area contributed by atoms with Gasteiger partial charge in [-0.3, -0.25) is 4.90 Å². The van der Waals surface area contributed by atoms with Crippen LogP contribution in [0.15, 0.2) is 54.6 Å². The number of amides is 2. The number of hydrogen-bond donors (Lipinski definition) is 1. The highest BCUT2D eigenvalue weighted by Crippen LogP contribution is 2.52. The third-order valence-electron chi connectivity index (χ3n) is 7.21. The molecule has 0 bridgehead atoms. The number of fused-ring (bicyclic) bond motifs is 1. The molecule has 196 valence electrons. The predicted octanol–water partition coefficient (Wildman–Crippen LogP) is 5.32. The number of anilines is 1. The van der Waals surface area contributed by atoms with Gasteiger partial charge in [0.1, 0.15) is 5.60 Å². The first-order valence-electron chi connectivity index (χ1n) is 12.7. The molecule has 0 spiro atoms. The Labute approximate surface area is 221 Å². The quantitative estimate of drug-likeness (QED) is 0.494. The highest BCUT2D eigenvalue weighted by Gasteiger charge is 2.57. The summed E-state index contributed by atoms with van der Waals surface area (Å²) in [6.45, 7) is 8.87. The Balaban J connectivity index is 1.52. The summed E-state index contributed by atoms with van der Waals surface area (Å²) in [5.74, 6) is 1.10. The van der Waals surface area contributed by atoms with Crippen molar-refractivity contribution < 1.29 is 19.4 Å². The molecule has 2 aromatic carbocycles. The number of hydrogen-bond acceptors (Lipinski definition) is 5. The summed E-state index contributed by atoms with van der Waals surface area (Å²) < 4.78 is 7.54. The number of nitriles is 1. The molecule has 38 heavy (non-hydrogen) atoms. The van der Waals surface area contributed by atoms with Gasteiger partial charge in [-0.1, -0.05) is 29.8 Å². The van der Waals surface area contributed by atoms with E-state index in [0.717, 1.165) is 22.5 Å². The van der Waals surface area contributed by atoms with Crippen LogP contribution in [-0.2, 0) is 4.74 Å². The summed E-state index contributed by atoms with van der Waals surface area (Å²) in [5.41, 5.74) is 3.48. The Hall–Kier alpha value is -4.32. The summed E-state index contributed by atoms with van der Waals surface area (Å²) in [5, 5.41) is 23.4. The van der Waals surface area contributed by atoms with E-state index in [2.05, 4.69) is 6.07 Å². The van der Waals surface area contributed by atoms with Crippen LogP contribution < -0.4 is 4.90 Å². The molecule has 0 radical (unpaired) electrons. The van der Waals surface area contributed by atoms with Gasteiger partial charge in [0.05, 0.1) is 23.0 Å². The number of rotatable bonds is 5. The zero-order valence-corrected chi connectivity index (χ0v) is 22.0. The van der Waals surface area contributed by atoms with E-state index in [-0.39, 0.29) is 17.8 Å². The van der Waals surface area contributed by atoms with Crippen molar-refractivity contribution in [2.24, 2.45) is 17.8 Å². The minimum Gasteiger partial charge on any atom is -0.465 e. The van der Waals surface area contributed by atoms with Gasteiger partial charge < -0.3 is 14.7 Å². The van der Waals surface area contributed by atoms with Crippen molar-refractivity contribution >= 4 is 18.0 Å². The fourth-order valence-corrected chi connectivity index (χ4v) is 5.17.